The number of carbonyl (C=O) groups is 7. The first kappa shape index (κ1) is 45.0. The highest BCUT2D eigenvalue weighted by atomic mass is 16.5. The van der Waals surface area contributed by atoms with Crippen LogP contribution in [-0.4, -0.2) is 105 Å². The number of fused-ring (bicyclic) bond motifs is 8. The Balaban J connectivity index is 2.03. The highest BCUT2D eigenvalue weighted by molar-refractivity contribution is 6.01. The summed E-state index contributed by atoms with van der Waals surface area (Å²) in [7, 11) is 4.94. The molecule has 0 aliphatic carbocycles. The summed E-state index contributed by atoms with van der Waals surface area (Å²) < 4.78 is 19.6. The maximum atomic E-state index is 12.5. The summed E-state index contributed by atoms with van der Waals surface area (Å²) in [4.78, 5) is 103. The number of allylic oxidation sites excluding steroid dienone is 3. The number of carboxylic acid groups (broad SMARTS) is 3. The van der Waals surface area contributed by atoms with Crippen LogP contribution in [0.15, 0.2) is 24.3 Å². The van der Waals surface area contributed by atoms with Crippen LogP contribution in [0.4, 0.5) is 0 Å². The molecule has 0 saturated heterocycles. The van der Waals surface area contributed by atoms with E-state index in [0.29, 0.717) is 61.3 Å². The molecule has 0 unspecified atom stereocenters. The topological polar surface area (TPSA) is 274 Å². The van der Waals surface area contributed by atoms with Gasteiger partial charge in [-0.15, -0.1) is 0 Å². The lowest BCUT2D eigenvalue weighted by Crippen LogP contribution is -2.06. The summed E-state index contributed by atoms with van der Waals surface area (Å²) in [5.74, 6) is -5.76. The van der Waals surface area contributed by atoms with E-state index in [9.17, 15) is 48.9 Å². The number of nitrogens with one attached hydrogen (secondary N) is 2. The maximum Gasteiger partial charge on any atom is 0.307 e. The molecule has 322 valence electrons. The summed E-state index contributed by atoms with van der Waals surface area (Å²) in [6, 6.07) is 6.41. The van der Waals surface area contributed by atoms with Gasteiger partial charge in [0, 0.05) is 47.8 Å². The number of rotatable bonds is 18. The highest BCUT2D eigenvalue weighted by Crippen LogP contribution is 2.40. The van der Waals surface area contributed by atoms with Gasteiger partial charge >= 0.3 is 41.8 Å². The van der Waals surface area contributed by atoms with E-state index in [1.54, 1.807) is 31.2 Å². The van der Waals surface area contributed by atoms with E-state index in [1.165, 1.54) is 28.4 Å². The number of aromatic amines is 2. The first-order valence-corrected chi connectivity index (χ1v) is 19.2. The van der Waals surface area contributed by atoms with Crippen molar-refractivity contribution in [2.75, 3.05) is 28.4 Å². The normalized spacial score (nSPS) is 12.3. The lowest BCUT2D eigenvalue weighted by atomic mass is 9.96. The number of carboxylic acids is 3. The lowest BCUT2D eigenvalue weighted by molar-refractivity contribution is -0.141. The molecule has 8 bridgehead atoms. The molecular formula is C43H46N4O14. The van der Waals surface area contributed by atoms with Crippen molar-refractivity contribution in [1.82, 2.24) is 19.9 Å². The number of nitrogens with zero attached hydrogens (tertiary/aromatic N) is 2. The van der Waals surface area contributed by atoms with E-state index in [1.807, 2.05) is 0 Å². The first-order valence-electron chi connectivity index (χ1n) is 19.2. The van der Waals surface area contributed by atoms with Gasteiger partial charge in [-0.1, -0.05) is 0 Å². The molecule has 0 saturated carbocycles. The molecule has 0 radical (unpaired) electrons. The second kappa shape index (κ2) is 19.8. The number of hydrogen-bond donors (Lipinski definition) is 5. The van der Waals surface area contributed by atoms with E-state index in [4.69, 9.17) is 28.9 Å². The van der Waals surface area contributed by atoms with Crippen LogP contribution < -0.4 is 0 Å². The fourth-order valence-corrected chi connectivity index (χ4v) is 7.52. The second-order valence-electron chi connectivity index (χ2n) is 14.2. The van der Waals surface area contributed by atoms with Crippen molar-refractivity contribution in [2.45, 2.75) is 77.6 Å². The largest absolute Gasteiger partial charge is 0.481 e. The van der Waals surface area contributed by atoms with E-state index < -0.39 is 61.0 Å². The van der Waals surface area contributed by atoms with E-state index in [0.717, 1.165) is 0 Å². The van der Waals surface area contributed by atoms with Crippen LogP contribution in [0.1, 0.15) is 96.9 Å². The van der Waals surface area contributed by atoms with Crippen LogP contribution in [0.3, 0.4) is 0 Å². The van der Waals surface area contributed by atoms with Gasteiger partial charge in [-0.2, -0.15) is 0 Å². The Hall–Kier alpha value is -7.11. The van der Waals surface area contributed by atoms with Gasteiger partial charge in [-0.25, -0.2) is 9.97 Å². The van der Waals surface area contributed by atoms with E-state index in [-0.39, 0.29) is 79.4 Å². The van der Waals surface area contributed by atoms with Crippen molar-refractivity contribution in [3.8, 4) is 0 Å². The predicted octanol–water partition coefficient (Wildman–Crippen LogP) is 5.00. The number of methoxy groups -OCH3 is 4. The van der Waals surface area contributed by atoms with Gasteiger partial charge in [0.15, 0.2) is 0 Å². The zero-order valence-electron chi connectivity index (χ0n) is 34.3. The molecule has 0 fully saturated rings. The number of H-pyrrole nitrogens is 2. The number of aliphatic carboxylic acids is 3. The Morgan fingerprint density at radius 2 is 0.820 bits per heavy atom. The van der Waals surface area contributed by atoms with Crippen LogP contribution in [0.25, 0.3) is 44.4 Å². The molecule has 2 aliphatic heterocycles. The summed E-state index contributed by atoms with van der Waals surface area (Å²) in [5.41, 5.74) is 5.72. The second-order valence-corrected chi connectivity index (χ2v) is 14.2. The zero-order chi connectivity index (χ0) is 44.5. The minimum absolute atomic E-state index is 0.00864. The van der Waals surface area contributed by atoms with Gasteiger partial charge < -0.3 is 44.2 Å². The average Bonchev–Trinajstić information content (AvgIpc) is 3.90. The molecule has 2 aliphatic rings. The zero-order valence-corrected chi connectivity index (χ0v) is 34.3. The van der Waals surface area contributed by atoms with Crippen LogP contribution in [0, 0.1) is 0 Å². The van der Waals surface area contributed by atoms with Crippen LogP contribution in [-0.2, 0) is 78.2 Å². The number of ether oxygens (including phenoxy) is 4. The van der Waals surface area contributed by atoms with Crippen molar-refractivity contribution < 1.29 is 67.8 Å². The van der Waals surface area contributed by atoms with E-state index in [2.05, 4.69) is 9.97 Å². The van der Waals surface area contributed by atoms with Crippen molar-refractivity contribution in [3.05, 3.63) is 69.3 Å². The summed E-state index contributed by atoms with van der Waals surface area (Å²) in [6.07, 6.45) is -1.78. The minimum Gasteiger partial charge on any atom is -0.481 e. The third kappa shape index (κ3) is 10.7. The first-order chi connectivity index (χ1) is 29.1. The standard InChI is InChI=1S/C43H46N4O14/c1-21-22(6-10-40(54)58-2)30-18-34-27(15-38(50)51)24(8-12-42(56)60-4)32(46-34)20-36-28(16-39(52)53)25(9-13-43(57)61-5)33(47-36)19-35-26(14-37(48)49)23(7-11-41(55)59-3)31(45-35)17-29(21)44-30/h17-20,46-47H,6-16H2,1-5H3,(H,48,49)(H,50,51)(H,52,53). The molecule has 0 amide bonds. The van der Waals surface area contributed by atoms with Crippen molar-refractivity contribution in [3.63, 3.8) is 0 Å². The van der Waals surface area contributed by atoms with Gasteiger partial charge in [-0.3, -0.25) is 33.6 Å². The van der Waals surface area contributed by atoms with Gasteiger partial charge in [0.25, 0.3) is 0 Å². The molecule has 3 aromatic rings. The van der Waals surface area contributed by atoms with Gasteiger partial charge in [-0.05, 0) is 101 Å². The Labute approximate surface area is 348 Å². The highest BCUT2D eigenvalue weighted by Gasteiger charge is 2.27. The molecule has 5 N–H and O–H groups in total. The summed E-state index contributed by atoms with van der Waals surface area (Å²) in [6.45, 7) is 1.78. The van der Waals surface area contributed by atoms with Gasteiger partial charge in [0.05, 0.1) is 70.5 Å². The third-order valence-electron chi connectivity index (χ3n) is 10.5. The predicted molar refractivity (Wildman–Crippen MR) is 218 cm³/mol. The Kier molecular flexibility index (Phi) is 14.6. The van der Waals surface area contributed by atoms with E-state index >= 15 is 0 Å². The molecular weight excluding hydrogens is 796 g/mol. The molecule has 18 nitrogen and oxygen atoms in total. The number of aromatic nitrogens is 4. The van der Waals surface area contributed by atoms with Crippen LogP contribution >= 0.6 is 0 Å². The molecule has 18 heteroatoms. The molecule has 0 atom stereocenters. The Morgan fingerprint density at radius 3 is 1.28 bits per heavy atom. The third-order valence-corrected chi connectivity index (χ3v) is 10.5. The smallest absolute Gasteiger partial charge is 0.307 e. The molecule has 5 rings (SSSR count). The fourth-order valence-electron chi connectivity index (χ4n) is 7.52. The van der Waals surface area contributed by atoms with Crippen molar-refractivity contribution in [1.29, 1.82) is 0 Å². The lowest BCUT2D eigenvalue weighted by Gasteiger charge is -2.07. The molecule has 61 heavy (non-hydrogen) atoms. The molecule has 5 heterocycles. The maximum absolute atomic E-state index is 12.5. The molecule has 0 aromatic carbocycles. The summed E-state index contributed by atoms with van der Waals surface area (Å²) in [5, 5.41) is 30.5. The fraction of sp³-hybridized carbons (Fsp3) is 0.372. The van der Waals surface area contributed by atoms with Crippen LogP contribution in [0.5, 0.6) is 0 Å². The van der Waals surface area contributed by atoms with Crippen LogP contribution in [0.2, 0.25) is 0 Å². The minimum atomic E-state index is -1.21. The number of carbonyl (C=O) groups excluding carboxylic acids is 4. The van der Waals surface area contributed by atoms with Gasteiger partial charge in [0.2, 0.25) is 0 Å². The Morgan fingerprint density at radius 1 is 0.459 bits per heavy atom. The number of hydrogen-bond acceptors (Lipinski definition) is 13. The average molecular weight is 843 g/mol. The molecule has 3 aromatic heterocycles. The summed E-state index contributed by atoms with van der Waals surface area (Å²) >= 11 is 0. The number of aryl methyl sites for hydroxylation is 2. The number of esters is 4. The molecule has 0 spiro atoms. The monoisotopic (exact) mass is 842 g/mol. The van der Waals surface area contributed by atoms with Crippen molar-refractivity contribution >= 4 is 86.1 Å². The quantitative estimate of drug-likeness (QED) is 0.0832. The SMILES string of the molecule is COC(=O)CCC1=C(C)c2cc3nc(cc4[nH]c(cc5[nH]c(cc1n2)c(CC(=O)O)c5CCC(=O)OC)c(CC(=O)O)c4CCC(=O)OC)C(CC(=O)O)=C3CCC(=O)OC. The Bertz CT molecular complexity index is 2540. The van der Waals surface area contributed by atoms with Gasteiger partial charge in [0.1, 0.15) is 0 Å². The van der Waals surface area contributed by atoms with Crippen molar-refractivity contribution in [2.24, 2.45) is 0 Å².